The number of rotatable bonds is 3. The first-order valence-electron chi connectivity index (χ1n) is 5.19. The Morgan fingerprint density at radius 1 is 1.33 bits per heavy atom. The molecule has 5 heteroatoms. The van der Waals surface area contributed by atoms with Crippen molar-refractivity contribution in [3.05, 3.63) is 12.2 Å². The molecule has 1 fully saturated rings. The van der Waals surface area contributed by atoms with Crippen molar-refractivity contribution in [3.8, 4) is 0 Å². The van der Waals surface area contributed by atoms with Gasteiger partial charge in [-0.25, -0.2) is 0 Å². The molecule has 0 aromatic rings. The van der Waals surface area contributed by atoms with E-state index in [0.717, 1.165) is 12.8 Å². The Balaban J connectivity index is 2.58. The maximum atomic E-state index is 5.78. The summed E-state index contributed by atoms with van der Waals surface area (Å²) in [6.07, 6.45) is 0.362. The monoisotopic (exact) mass is 286 g/mol. The quantitative estimate of drug-likeness (QED) is 0.421. The van der Waals surface area contributed by atoms with E-state index < -0.39 is 6.25 Å². The van der Waals surface area contributed by atoms with Gasteiger partial charge in [-0.3, -0.25) is 0 Å². The fraction of sp³-hybridized carbons (Fsp3) is 0.800. The number of hydrogen-bond donors (Lipinski definition) is 0. The highest BCUT2D eigenvalue weighted by molar-refractivity contribution is 7.62. The highest BCUT2D eigenvalue weighted by atomic mass is 35.8. The van der Waals surface area contributed by atoms with Gasteiger partial charge in [0.15, 0.2) is 0 Å². The molecule has 0 saturated heterocycles. The summed E-state index contributed by atoms with van der Waals surface area (Å²) in [4.78, 5) is 0. The summed E-state index contributed by atoms with van der Waals surface area (Å²) < 4.78 is 5.57. The molecular weight excluding hydrogens is 271 g/mol. The van der Waals surface area contributed by atoms with Gasteiger partial charge in [-0.2, -0.15) is 0 Å². The van der Waals surface area contributed by atoms with Gasteiger partial charge in [0.05, 0.1) is 6.10 Å². The summed E-state index contributed by atoms with van der Waals surface area (Å²) in [7, 11) is 0. The molecule has 0 aliphatic heterocycles. The normalized spacial score (nSPS) is 32.7. The standard InChI is InChI=1S/C10H17Cl3OSi/c1-7(2)9-5-4-8(3)10(6-9)14-15(11,12)13/h8-10H,1,4-6H2,2-3H3/t8-,9-,10?/m0/s1. The van der Waals surface area contributed by atoms with E-state index in [1.807, 2.05) is 0 Å². The molecule has 0 aromatic carbocycles. The van der Waals surface area contributed by atoms with Gasteiger partial charge in [0, 0.05) is 0 Å². The van der Waals surface area contributed by atoms with Crippen molar-refractivity contribution in [2.75, 3.05) is 0 Å². The third-order valence-corrected chi connectivity index (χ3v) is 4.48. The second kappa shape index (κ2) is 5.41. The molecule has 1 aliphatic rings. The average molecular weight is 288 g/mol. The molecule has 1 aliphatic carbocycles. The Hall–Kier alpha value is 0.787. The SMILES string of the molecule is C=C(C)[C@H]1CC[C@H](C)C(O[Si](Cl)(Cl)Cl)C1. The van der Waals surface area contributed by atoms with Gasteiger partial charge < -0.3 is 4.43 Å². The smallest absolute Gasteiger partial charge is 0.378 e. The Morgan fingerprint density at radius 3 is 2.40 bits per heavy atom. The van der Waals surface area contributed by atoms with Gasteiger partial charge in [0.25, 0.3) is 0 Å². The fourth-order valence-electron chi connectivity index (χ4n) is 2.06. The number of allylic oxidation sites excluding steroid dienone is 1. The van der Waals surface area contributed by atoms with Gasteiger partial charge in [-0.05, 0) is 38.0 Å². The van der Waals surface area contributed by atoms with Crippen molar-refractivity contribution in [1.29, 1.82) is 0 Å². The molecule has 0 bridgehead atoms. The van der Waals surface area contributed by atoms with E-state index in [1.54, 1.807) is 0 Å². The molecule has 1 unspecified atom stereocenters. The van der Waals surface area contributed by atoms with E-state index in [-0.39, 0.29) is 6.10 Å². The topological polar surface area (TPSA) is 9.23 Å². The summed E-state index contributed by atoms with van der Waals surface area (Å²) in [5, 5.41) is 0. The van der Waals surface area contributed by atoms with Gasteiger partial charge in [-0.1, -0.05) is 52.3 Å². The highest BCUT2D eigenvalue weighted by Crippen LogP contribution is 2.37. The minimum atomic E-state index is -2.96. The summed E-state index contributed by atoms with van der Waals surface area (Å²) in [5.74, 6) is 0.997. The lowest BCUT2D eigenvalue weighted by atomic mass is 9.78. The Labute approximate surface area is 107 Å². The number of halogens is 3. The van der Waals surface area contributed by atoms with Crippen LogP contribution in [0.1, 0.15) is 33.1 Å². The van der Waals surface area contributed by atoms with Crippen LogP contribution in [0.4, 0.5) is 0 Å². The second-order valence-electron chi connectivity index (χ2n) is 4.44. The molecule has 1 nitrogen and oxygen atoms in total. The molecule has 3 atom stereocenters. The molecule has 0 radical (unpaired) electrons. The molecule has 1 rings (SSSR count). The molecular formula is C10H17Cl3OSi. The zero-order chi connectivity index (χ0) is 11.6. The van der Waals surface area contributed by atoms with Crippen LogP contribution in [0.2, 0.25) is 0 Å². The minimum absolute atomic E-state index is 0.0830. The van der Waals surface area contributed by atoms with E-state index in [9.17, 15) is 0 Å². The van der Waals surface area contributed by atoms with Gasteiger partial charge in [0.1, 0.15) is 0 Å². The predicted octanol–water partition coefficient (Wildman–Crippen LogP) is 4.54. The summed E-state index contributed by atoms with van der Waals surface area (Å²) in [6, 6.07) is 0. The van der Waals surface area contributed by atoms with Crippen molar-refractivity contribution in [2.24, 2.45) is 11.8 Å². The maximum Gasteiger partial charge on any atom is 0.494 e. The van der Waals surface area contributed by atoms with E-state index in [4.69, 9.17) is 37.7 Å². The van der Waals surface area contributed by atoms with Crippen LogP contribution in [0.25, 0.3) is 0 Å². The first-order valence-corrected chi connectivity index (χ1v) is 10.1. The van der Waals surface area contributed by atoms with Crippen LogP contribution in [0, 0.1) is 11.8 Å². The van der Waals surface area contributed by atoms with Crippen LogP contribution in [-0.2, 0) is 4.43 Å². The van der Waals surface area contributed by atoms with Crippen LogP contribution in [-0.4, -0.2) is 12.4 Å². The summed E-state index contributed by atoms with van der Waals surface area (Å²) in [5.41, 5.74) is 1.21. The molecule has 88 valence electrons. The molecule has 0 aromatic heterocycles. The van der Waals surface area contributed by atoms with Crippen LogP contribution in [0.5, 0.6) is 0 Å². The van der Waals surface area contributed by atoms with E-state index in [2.05, 4.69) is 20.4 Å². The van der Waals surface area contributed by atoms with E-state index >= 15 is 0 Å². The molecule has 0 N–H and O–H groups in total. The zero-order valence-electron chi connectivity index (χ0n) is 9.10. The van der Waals surface area contributed by atoms with Crippen LogP contribution in [0.3, 0.4) is 0 Å². The van der Waals surface area contributed by atoms with E-state index in [0.29, 0.717) is 11.8 Å². The maximum absolute atomic E-state index is 5.78. The Kier molecular flexibility index (Phi) is 5.00. The first-order chi connectivity index (χ1) is 6.79. The van der Waals surface area contributed by atoms with Crippen LogP contribution < -0.4 is 0 Å². The first kappa shape index (κ1) is 13.9. The second-order valence-corrected chi connectivity index (χ2v) is 12.1. The lowest BCUT2D eigenvalue weighted by Crippen LogP contribution is -2.36. The van der Waals surface area contributed by atoms with E-state index in [1.165, 1.54) is 12.0 Å². The lowest BCUT2D eigenvalue weighted by Gasteiger charge is -2.36. The van der Waals surface area contributed by atoms with Crippen molar-refractivity contribution >= 4 is 39.5 Å². The van der Waals surface area contributed by atoms with Gasteiger partial charge >= 0.3 is 6.25 Å². The summed E-state index contributed by atoms with van der Waals surface area (Å²) >= 11 is 17.4. The van der Waals surface area contributed by atoms with Crippen molar-refractivity contribution in [3.63, 3.8) is 0 Å². The van der Waals surface area contributed by atoms with Crippen molar-refractivity contribution < 1.29 is 4.43 Å². The molecule has 0 amide bonds. The van der Waals surface area contributed by atoms with Crippen LogP contribution >= 0.6 is 33.2 Å². The summed E-state index contributed by atoms with van der Waals surface area (Å²) in [6.45, 7) is 8.21. The molecule has 1 saturated carbocycles. The third-order valence-electron chi connectivity index (χ3n) is 3.10. The third kappa shape index (κ3) is 4.66. The lowest BCUT2D eigenvalue weighted by molar-refractivity contribution is 0.0864. The highest BCUT2D eigenvalue weighted by Gasteiger charge is 2.37. The minimum Gasteiger partial charge on any atom is -0.378 e. The van der Waals surface area contributed by atoms with Gasteiger partial charge in [-0.15, -0.1) is 0 Å². The van der Waals surface area contributed by atoms with Crippen molar-refractivity contribution in [1.82, 2.24) is 0 Å². The largest absolute Gasteiger partial charge is 0.494 e. The Morgan fingerprint density at radius 2 is 1.93 bits per heavy atom. The predicted molar refractivity (Wildman–Crippen MR) is 69.5 cm³/mol. The number of hydrogen-bond acceptors (Lipinski definition) is 1. The molecule has 0 heterocycles. The van der Waals surface area contributed by atoms with Gasteiger partial charge in [0.2, 0.25) is 0 Å². The molecule has 15 heavy (non-hydrogen) atoms. The zero-order valence-corrected chi connectivity index (χ0v) is 12.4. The fourth-order valence-corrected chi connectivity index (χ4v) is 3.77. The Bertz CT molecular complexity index is 239. The molecule has 0 spiro atoms. The van der Waals surface area contributed by atoms with Crippen molar-refractivity contribution in [2.45, 2.75) is 39.2 Å². The average Bonchev–Trinajstić information content (AvgIpc) is 2.06. The van der Waals surface area contributed by atoms with Crippen LogP contribution in [0.15, 0.2) is 12.2 Å².